The molecule has 1 saturated carbocycles. The molecule has 0 atom stereocenters. The van der Waals surface area contributed by atoms with Crippen molar-refractivity contribution in [2.24, 2.45) is 5.41 Å². The number of hydrogen-bond acceptors (Lipinski definition) is 4. The van der Waals surface area contributed by atoms with Crippen LogP contribution in [0, 0.1) is 21.3 Å². The average molecular weight is 282 g/mol. The number of rotatable bonds is 5. The van der Waals surface area contributed by atoms with Gasteiger partial charge in [-0.3, -0.25) is 10.1 Å². The van der Waals surface area contributed by atoms with Crippen molar-refractivity contribution in [2.75, 3.05) is 19.0 Å². The van der Waals surface area contributed by atoms with Gasteiger partial charge in [0, 0.05) is 12.6 Å². The van der Waals surface area contributed by atoms with Gasteiger partial charge in [-0.2, -0.15) is 0 Å². The zero-order valence-corrected chi connectivity index (χ0v) is 11.7. The molecule has 0 saturated heterocycles. The predicted molar refractivity (Wildman–Crippen MR) is 74.7 cm³/mol. The standard InChI is InChI=1S/C14H19FN2O3/c1-14(5-3-4-6-14)9-16-11-8-13(20-2)12(17(18)19)7-10(11)15/h7-8,16H,3-6,9H2,1-2H3. The van der Waals surface area contributed by atoms with E-state index in [0.29, 0.717) is 6.54 Å². The summed E-state index contributed by atoms with van der Waals surface area (Å²) in [7, 11) is 1.34. The van der Waals surface area contributed by atoms with E-state index in [1.54, 1.807) is 0 Å². The van der Waals surface area contributed by atoms with E-state index in [1.165, 1.54) is 26.0 Å². The lowest BCUT2D eigenvalue weighted by Crippen LogP contribution is -2.23. The maximum Gasteiger partial charge on any atom is 0.313 e. The van der Waals surface area contributed by atoms with Gasteiger partial charge in [0.15, 0.2) is 11.6 Å². The van der Waals surface area contributed by atoms with Gasteiger partial charge in [0.2, 0.25) is 0 Å². The Hall–Kier alpha value is -1.85. The summed E-state index contributed by atoms with van der Waals surface area (Å²) in [6.07, 6.45) is 4.63. The van der Waals surface area contributed by atoms with Gasteiger partial charge in [-0.1, -0.05) is 19.8 Å². The molecule has 0 aliphatic heterocycles. The highest BCUT2D eigenvalue weighted by molar-refractivity contribution is 5.59. The molecule has 20 heavy (non-hydrogen) atoms. The first-order valence-corrected chi connectivity index (χ1v) is 6.71. The second-order valence-electron chi connectivity index (χ2n) is 5.63. The molecule has 0 unspecified atom stereocenters. The van der Waals surface area contributed by atoms with E-state index in [1.807, 2.05) is 0 Å². The molecule has 6 heteroatoms. The largest absolute Gasteiger partial charge is 0.490 e. The average Bonchev–Trinajstić information content (AvgIpc) is 2.84. The van der Waals surface area contributed by atoms with Crippen LogP contribution in [0.25, 0.3) is 0 Å². The lowest BCUT2D eigenvalue weighted by atomic mass is 9.89. The summed E-state index contributed by atoms with van der Waals surface area (Å²) >= 11 is 0. The van der Waals surface area contributed by atoms with E-state index < -0.39 is 10.7 Å². The molecule has 0 aromatic heterocycles. The van der Waals surface area contributed by atoms with Gasteiger partial charge >= 0.3 is 5.69 Å². The van der Waals surface area contributed by atoms with Crippen molar-refractivity contribution in [2.45, 2.75) is 32.6 Å². The molecule has 0 bridgehead atoms. The van der Waals surface area contributed by atoms with Crippen molar-refractivity contribution in [1.82, 2.24) is 0 Å². The fourth-order valence-electron chi connectivity index (χ4n) is 2.70. The lowest BCUT2D eigenvalue weighted by Gasteiger charge is -2.24. The maximum atomic E-state index is 13.9. The number of nitrogens with one attached hydrogen (secondary N) is 1. The number of nitro benzene ring substituents is 1. The van der Waals surface area contributed by atoms with Crippen molar-refractivity contribution in [3.8, 4) is 5.75 Å². The molecule has 0 heterocycles. The van der Waals surface area contributed by atoms with E-state index >= 15 is 0 Å². The van der Waals surface area contributed by atoms with Crippen LogP contribution in [0.4, 0.5) is 15.8 Å². The topological polar surface area (TPSA) is 64.4 Å². The first kappa shape index (κ1) is 14.6. The maximum absolute atomic E-state index is 13.9. The highest BCUT2D eigenvalue weighted by atomic mass is 19.1. The van der Waals surface area contributed by atoms with Crippen molar-refractivity contribution >= 4 is 11.4 Å². The van der Waals surface area contributed by atoms with Crippen LogP contribution >= 0.6 is 0 Å². The first-order chi connectivity index (χ1) is 9.45. The minimum atomic E-state index is -0.649. The number of nitro groups is 1. The molecule has 1 aliphatic carbocycles. The summed E-state index contributed by atoms with van der Waals surface area (Å²) in [6, 6.07) is 2.25. The molecular weight excluding hydrogens is 263 g/mol. The summed E-state index contributed by atoms with van der Waals surface area (Å²) in [5, 5.41) is 13.9. The number of hydrogen-bond donors (Lipinski definition) is 1. The van der Waals surface area contributed by atoms with Crippen LogP contribution in [0.3, 0.4) is 0 Å². The third-order valence-corrected chi connectivity index (χ3v) is 3.98. The Labute approximate surface area is 117 Å². The van der Waals surface area contributed by atoms with Crippen LogP contribution in [0.5, 0.6) is 5.75 Å². The zero-order chi connectivity index (χ0) is 14.8. The van der Waals surface area contributed by atoms with Crippen LogP contribution in [-0.4, -0.2) is 18.6 Å². The molecule has 0 radical (unpaired) electrons. The Bertz CT molecular complexity index is 513. The highest BCUT2D eigenvalue weighted by Gasteiger charge is 2.29. The van der Waals surface area contributed by atoms with E-state index in [9.17, 15) is 14.5 Å². The molecule has 1 aromatic rings. The monoisotopic (exact) mass is 282 g/mol. The summed E-state index contributed by atoms with van der Waals surface area (Å²) < 4.78 is 18.9. The molecule has 1 aromatic carbocycles. The van der Waals surface area contributed by atoms with E-state index in [0.717, 1.165) is 18.9 Å². The smallest absolute Gasteiger partial charge is 0.313 e. The second kappa shape index (κ2) is 5.64. The van der Waals surface area contributed by atoms with Gasteiger partial charge in [0.05, 0.1) is 23.8 Å². The summed E-state index contributed by atoms with van der Waals surface area (Å²) in [6.45, 7) is 2.83. The Morgan fingerprint density at radius 2 is 2.10 bits per heavy atom. The fourth-order valence-corrected chi connectivity index (χ4v) is 2.70. The minimum absolute atomic E-state index is 0.0653. The molecule has 5 nitrogen and oxygen atoms in total. The number of ether oxygens (including phenoxy) is 1. The number of anilines is 1. The molecule has 110 valence electrons. The third-order valence-electron chi connectivity index (χ3n) is 3.98. The van der Waals surface area contributed by atoms with Crippen molar-refractivity contribution in [3.05, 3.63) is 28.1 Å². The van der Waals surface area contributed by atoms with E-state index in [-0.39, 0.29) is 22.5 Å². The fraction of sp³-hybridized carbons (Fsp3) is 0.571. The van der Waals surface area contributed by atoms with Gasteiger partial charge in [0.1, 0.15) is 0 Å². The number of methoxy groups -OCH3 is 1. The Balaban J connectivity index is 2.17. The van der Waals surface area contributed by atoms with Crippen LogP contribution in [0.15, 0.2) is 12.1 Å². The molecule has 0 spiro atoms. The van der Waals surface area contributed by atoms with Gasteiger partial charge in [-0.25, -0.2) is 4.39 Å². The van der Waals surface area contributed by atoms with Gasteiger partial charge < -0.3 is 10.1 Å². The van der Waals surface area contributed by atoms with Crippen LogP contribution in [0.2, 0.25) is 0 Å². The summed E-state index contributed by atoms with van der Waals surface area (Å²) in [4.78, 5) is 10.2. The number of nitrogens with zero attached hydrogens (tertiary/aromatic N) is 1. The molecule has 1 aliphatic rings. The van der Waals surface area contributed by atoms with Crippen molar-refractivity contribution < 1.29 is 14.1 Å². The summed E-state index contributed by atoms with van der Waals surface area (Å²) in [5.74, 6) is -0.561. The number of halogens is 1. The third kappa shape index (κ3) is 3.00. The van der Waals surface area contributed by atoms with Crippen LogP contribution in [-0.2, 0) is 0 Å². The first-order valence-electron chi connectivity index (χ1n) is 6.71. The Morgan fingerprint density at radius 1 is 1.45 bits per heavy atom. The Kier molecular flexibility index (Phi) is 4.11. The molecular formula is C14H19FN2O3. The zero-order valence-electron chi connectivity index (χ0n) is 11.7. The van der Waals surface area contributed by atoms with Gasteiger partial charge in [0.25, 0.3) is 0 Å². The minimum Gasteiger partial charge on any atom is -0.490 e. The molecule has 0 amide bonds. The van der Waals surface area contributed by atoms with E-state index in [2.05, 4.69) is 12.2 Å². The summed E-state index contributed by atoms with van der Waals surface area (Å²) in [5.41, 5.74) is 0.0600. The predicted octanol–water partition coefficient (Wildman–Crippen LogP) is 3.73. The molecule has 1 N–H and O–H groups in total. The van der Waals surface area contributed by atoms with Crippen molar-refractivity contribution in [3.63, 3.8) is 0 Å². The Morgan fingerprint density at radius 3 is 2.65 bits per heavy atom. The normalized spacial score (nSPS) is 16.9. The van der Waals surface area contributed by atoms with Crippen LogP contribution < -0.4 is 10.1 Å². The highest BCUT2D eigenvalue weighted by Crippen LogP contribution is 2.38. The van der Waals surface area contributed by atoms with E-state index in [4.69, 9.17) is 4.74 Å². The van der Waals surface area contributed by atoms with Crippen molar-refractivity contribution in [1.29, 1.82) is 0 Å². The quantitative estimate of drug-likeness (QED) is 0.660. The SMILES string of the molecule is COc1cc(NCC2(C)CCCC2)c(F)cc1[N+](=O)[O-]. The lowest BCUT2D eigenvalue weighted by molar-refractivity contribution is -0.385. The number of benzene rings is 1. The molecule has 1 fully saturated rings. The van der Waals surface area contributed by atoms with Crippen LogP contribution in [0.1, 0.15) is 32.6 Å². The van der Waals surface area contributed by atoms with Gasteiger partial charge in [-0.05, 0) is 18.3 Å². The molecule has 2 rings (SSSR count). The second-order valence-corrected chi connectivity index (χ2v) is 5.63. The van der Waals surface area contributed by atoms with Gasteiger partial charge in [-0.15, -0.1) is 0 Å².